The van der Waals surface area contributed by atoms with Gasteiger partial charge in [0, 0.05) is 5.69 Å². The van der Waals surface area contributed by atoms with Gasteiger partial charge in [0.2, 0.25) is 0 Å². The van der Waals surface area contributed by atoms with Gasteiger partial charge in [0.25, 0.3) is 0 Å². The summed E-state index contributed by atoms with van der Waals surface area (Å²) in [6.07, 6.45) is -4.35. The molecule has 0 unspecified atom stereocenters. The van der Waals surface area contributed by atoms with Gasteiger partial charge in [-0.05, 0) is 19.1 Å². The minimum Gasteiger partial charge on any atom is -0.482 e. The maximum atomic E-state index is 11.9. The second-order valence-corrected chi connectivity index (χ2v) is 3.20. The molecule has 0 fully saturated rings. The number of alkyl halides is 4. The summed E-state index contributed by atoms with van der Waals surface area (Å²) in [5.41, 5.74) is 1.01. The molecule has 1 aromatic heterocycles. The maximum Gasteiger partial charge on any atom is 0.422 e. The Hall–Kier alpha value is -0.970. The van der Waals surface area contributed by atoms with Crippen molar-refractivity contribution in [2.24, 2.45) is 0 Å². The predicted octanol–water partition coefficient (Wildman–Crippen LogP) is 3.07. The topological polar surface area (TPSA) is 22.1 Å². The van der Waals surface area contributed by atoms with E-state index >= 15 is 0 Å². The summed E-state index contributed by atoms with van der Waals surface area (Å²) in [6.45, 7) is 0.394. The van der Waals surface area contributed by atoms with Crippen LogP contribution in [0.2, 0.25) is 0 Å². The van der Waals surface area contributed by atoms with Crippen LogP contribution in [0.1, 0.15) is 11.4 Å². The molecule has 0 atom stereocenters. The Kier molecular flexibility index (Phi) is 3.79. The molecule has 0 aliphatic heterocycles. The highest BCUT2D eigenvalue weighted by Crippen LogP contribution is 2.22. The number of hydrogen-bond donors (Lipinski definition) is 0. The number of nitrogens with zero attached hydrogens (tertiary/aromatic N) is 1. The number of hydrogen-bond acceptors (Lipinski definition) is 2. The smallest absolute Gasteiger partial charge is 0.422 e. The van der Waals surface area contributed by atoms with Gasteiger partial charge in [-0.25, -0.2) is 0 Å². The van der Waals surface area contributed by atoms with Crippen LogP contribution in [0.25, 0.3) is 0 Å². The van der Waals surface area contributed by atoms with Crippen molar-refractivity contribution in [1.29, 1.82) is 0 Å². The lowest BCUT2D eigenvalue weighted by atomic mass is 10.3. The Morgan fingerprint density at radius 2 is 2.07 bits per heavy atom. The lowest BCUT2D eigenvalue weighted by Gasteiger charge is -2.11. The first kappa shape index (κ1) is 12.1. The van der Waals surface area contributed by atoms with Gasteiger partial charge in [0.05, 0.1) is 11.6 Å². The third kappa shape index (κ3) is 3.95. The van der Waals surface area contributed by atoms with Gasteiger partial charge in [-0.1, -0.05) is 0 Å². The molecular weight excluding hydrogens is 231 g/mol. The van der Waals surface area contributed by atoms with E-state index in [0.717, 1.165) is 0 Å². The first-order valence-electron chi connectivity index (χ1n) is 4.14. The molecule has 1 rings (SSSR count). The third-order valence-corrected chi connectivity index (χ3v) is 1.84. The molecule has 1 heterocycles. The van der Waals surface area contributed by atoms with Crippen LogP contribution in [0.4, 0.5) is 13.2 Å². The molecule has 15 heavy (non-hydrogen) atoms. The summed E-state index contributed by atoms with van der Waals surface area (Å²) in [5.74, 6) is 0.0995. The zero-order chi connectivity index (χ0) is 11.5. The normalized spacial score (nSPS) is 11.5. The average Bonchev–Trinajstić information content (AvgIpc) is 2.14. The van der Waals surface area contributed by atoms with E-state index in [0.29, 0.717) is 11.4 Å². The van der Waals surface area contributed by atoms with Crippen molar-refractivity contribution in [2.75, 3.05) is 6.61 Å². The number of aryl methyl sites for hydroxylation is 1. The average molecular weight is 240 g/mol. The molecule has 2 nitrogen and oxygen atoms in total. The molecule has 1 aromatic rings. The van der Waals surface area contributed by atoms with Crippen LogP contribution >= 0.6 is 11.6 Å². The van der Waals surface area contributed by atoms with Crippen molar-refractivity contribution >= 4 is 11.6 Å². The fraction of sp³-hybridized carbons (Fsp3) is 0.444. The van der Waals surface area contributed by atoms with E-state index in [1.807, 2.05) is 0 Å². The van der Waals surface area contributed by atoms with E-state index in [1.54, 1.807) is 13.0 Å². The van der Waals surface area contributed by atoms with E-state index < -0.39 is 12.8 Å². The molecular formula is C9H9ClF3NO. The highest BCUT2D eigenvalue weighted by Gasteiger charge is 2.28. The highest BCUT2D eigenvalue weighted by molar-refractivity contribution is 6.17. The molecule has 0 aromatic carbocycles. The minimum atomic E-state index is -4.35. The van der Waals surface area contributed by atoms with Crippen molar-refractivity contribution in [3.63, 3.8) is 0 Å². The Morgan fingerprint density at radius 3 is 2.60 bits per heavy atom. The molecule has 0 radical (unpaired) electrons. The van der Waals surface area contributed by atoms with Crippen LogP contribution < -0.4 is 4.74 Å². The van der Waals surface area contributed by atoms with Crippen LogP contribution in [0.5, 0.6) is 5.75 Å². The molecule has 0 spiro atoms. The van der Waals surface area contributed by atoms with Crippen molar-refractivity contribution in [2.45, 2.75) is 19.0 Å². The third-order valence-electron chi connectivity index (χ3n) is 1.59. The molecule has 84 valence electrons. The van der Waals surface area contributed by atoms with Gasteiger partial charge in [0.1, 0.15) is 5.75 Å². The Labute approximate surface area is 90.0 Å². The molecule has 6 heteroatoms. The molecule has 0 saturated heterocycles. The SMILES string of the molecule is Cc1ccc(OCC(F)(F)F)c(CCl)n1. The summed E-state index contributed by atoms with van der Waals surface area (Å²) < 4.78 is 40.2. The van der Waals surface area contributed by atoms with Gasteiger partial charge >= 0.3 is 6.18 Å². The van der Waals surface area contributed by atoms with Crippen LogP contribution in [0.3, 0.4) is 0 Å². The van der Waals surface area contributed by atoms with E-state index in [2.05, 4.69) is 9.72 Å². The number of ether oxygens (including phenoxy) is 1. The number of aromatic nitrogens is 1. The molecule has 0 amide bonds. The molecule has 0 N–H and O–H groups in total. The molecule has 0 bridgehead atoms. The zero-order valence-electron chi connectivity index (χ0n) is 7.94. The lowest BCUT2D eigenvalue weighted by molar-refractivity contribution is -0.153. The summed E-state index contributed by atoms with van der Waals surface area (Å²) in [6, 6.07) is 3.01. The highest BCUT2D eigenvalue weighted by atomic mass is 35.5. The second kappa shape index (κ2) is 4.70. The Balaban J connectivity index is 2.76. The standard InChI is InChI=1S/C9H9ClF3NO/c1-6-2-3-8(7(4-10)14-6)15-5-9(11,12)13/h2-3H,4-5H2,1H3. The fourth-order valence-electron chi connectivity index (χ4n) is 0.984. The monoisotopic (exact) mass is 239 g/mol. The van der Waals surface area contributed by atoms with Crippen LogP contribution in [0, 0.1) is 6.92 Å². The van der Waals surface area contributed by atoms with Gasteiger partial charge < -0.3 is 4.74 Å². The molecule has 0 aliphatic carbocycles. The van der Waals surface area contributed by atoms with Crippen molar-refractivity contribution in [1.82, 2.24) is 4.98 Å². The van der Waals surface area contributed by atoms with Gasteiger partial charge in [-0.2, -0.15) is 13.2 Å². The van der Waals surface area contributed by atoms with Crippen LogP contribution in [-0.2, 0) is 5.88 Å². The first-order chi connectivity index (χ1) is 6.92. The molecule has 0 saturated carbocycles. The first-order valence-corrected chi connectivity index (χ1v) is 4.68. The van der Waals surface area contributed by atoms with E-state index in [-0.39, 0.29) is 11.6 Å². The number of halogens is 4. The fourth-order valence-corrected chi connectivity index (χ4v) is 1.18. The summed E-state index contributed by atoms with van der Waals surface area (Å²) in [4.78, 5) is 3.97. The van der Waals surface area contributed by atoms with E-state index in [4.69, 9.17) is 11.6 Å². The van der Waals surface area contributed by atoms with Gasteiger partial charge in [-0.15, -0.1) is 11.6 Å². The second-order valence-electron chi connectivity index (χ2n) is 2.93. The Bertz CT molecular complexity index is 341. The van der Waals surface area contributed by atoms with E-state index in [9.17, 15) is 13.2 Å². The van der Waals surface area contributed by atoms with Crippen LogP contribution in [0.15, 0.2) is 12.1 Å². The Morgan fingerprint density at radius 1 is 1.40 bits per heavy atom. The van der Waals surface area contributed by atoms with Crippen molar-refractivity contribution in [3.8, 4) is 5.75 Å². The van der Waals surface area contributed by atoms with Gasteiger partial charge in [0.15, 0.2) is 6.61 Å². The van der Waals surface area contributed by atoms with Gasteiger partial charge in [-0.3, -0.25) is 4.98 Å². The minimum absolute atomic E-state index is 0.0227. The summed E-state index contributed by atoms with van der Waals surface area (Å²) >= 11 is 5.53. The van der Waals surface area contributed by atoms with E-state index in [1.165, 1.54) is 6.07 Å². The quantitative estimate of drug-likeness (QED) is 0.757. The predicted molar refractivity (Wildman–Crippen MR) is 50.1 cm³/mol. The maximum absolute atomic E-state index is 11.9. The summed E-state index contributed by atoms with van der Waals surface area (Å²) in [5, 5.41) is 0. The van der Waals surface area contributed by atoms with Crippen molar-refractivity contribution in [3.05, 3.63) is 23.5 Å². The van der Waals surface area contributed by atoms with Crippen LogP contribution in [-0.4, -0.2) is 17.8 Å². The molecule has 0 aliphatic rings. The lowest BCUT2D eigenvalue weighted by Crippen LogP contribution is -2.19. The number of pyridine rings is 1. The zero-order valence-corrected chi connectivity index (χ0v) is 8.69. The number of rotatable bonds is 3. The largest absolute Gasteiger partial charge is 0.482 e. The summed E-state index contributed by atoms with van der Waals surface area (Å²) in [7, 11) is 0. The van der Waals surface area contributed by atoms with Crippen molar-refractivity contribution < 1.29 is 17.9 Å².